The predicted molar refractivity (Wildman–Crippen MR) is 295 cm³/mol. The van der Waals surface area contributed by atoms with Crippen LogP contribution in [0, 0.1) is 35.5 Å². The molecule has 2 aromatic rings. The first kappa shape index (κ1) is 67.1. The van der Waals surface area contributed by atoms with Crippen molar-refractivity contribution in [3.63, 3.8) is 0 Å². The molecule has 0 bridgehead atoms. The fraction of sp³-hybridized carbons (Fsp3) is 0.678. The van der Waals surface area contributed by atoms with Crippen LogP contribution in [0.5, 0.6) is 5.75 Å². The van der Waals surface area contributed by atoms with Crippen molar-refractivity contribution in [1.82, 2.24) is 14.7 Å². The Hall–Kier alpha value is -5.39. The van der Waals surface area contributed by atoms with Crippen molar-refractivity contribution in [3.05, 3.63) is 65.2 Å². The third-order valence-corrected chi connectivity index (χ3v) is 16.1. The smallest absolute Gasteiger partial charge is 0.410 e. The number of carboxylic acids is 1. The number of ether oxygens (including phenoxy) is 5. The number of carboxylic acid groups (broad SMARTS) is 1. The zero-order valence-corrected chi connectivity index (χ0v) is 48.8. The van der Waals surface area contributed by atoms with Crippen molar-refractivity contribution >= 4 is 41.2 Å². The number of carbonyl (C=O) groups excluding carboxylic acids is 6. The van der Waals surface area contributed by atoms with Crippen molar-refractivity contribution in [3.8, 4) is 5.75 Å². The molecule has 3 amide bonds. The molecular formula is C59H90N4O17. The number of benzene rings is 2. The van der Waals surface area contributed by atoms with Crippen molar-refractivity contribution in [1.29, 1.82) is 0 Å². The first-order valence-corrected chi connectivity index (χ1v) is 28.0. The topological polar surface area (TPSA) is 303 Å². The van der Waals surface area contributed by atoms with E-state index in [0.29, 0.717) is 31.4 Å². The number of carbonyl (C=O) groups is 7. The Balaban J connectivity index is 1.47. The van der Waals surface area contributed by atoms with Crippen LogP contribution in [0.4, 0.5) is 4.79 Å². The second kappa shape index (κ2) is 31.2. The maximum absolute atomic E-state index is 14.8. The van der Waals surface area contributed by atoms with Crippen LogP contribution in [-0.4, -0.2) is 184 Å². The van der Waals surface area contributed by atoms with Crippen LogP contribution in [0.15, 0.2) is 48.5 Å². The van der Waals surface area contributed by atoms with Crippen molar-refractivity contribution in [2.24, 2.45) is 41.2 Å². The number of nitrogens with zero attached hydrogens (tertiary/aromatic N) is 3. The molecule has 21 heteroatoms. The molecule has 0 aromatic heterocycles. The summed E-state index contributed by atoms with van der Waals surface area (Å²) in [5.74, 6) is -5.57. The number of hydrogen-bond donors (Lipinski definition) is 6. The maximum atomic E-state index is 14.8. The van der Waals surface area contributed by atoms with E-state index >= 15 is 0 Å². The lowest BCUT2D eigenvalue weighted by molar-refractivity contribution is -0.271. The van der Waals surface area contributed by atoms with E-state index in [1.807, 2.05) is 65.0 Å². The van der Waals surface area contributed by atoms with Gasteiger partial charge < -0.3 is 69.7 Å². The van der Waals surface area contributed by atoms with Gasteiger partial charge in [-0.05, 0) is 66.3 Å². The number of aliphatic hydroxyl groups excluding tert-OH is 4. The number of likely N-dealkylation sites (tertiary alicyclic amines) is 1. The molecule has 2 aromatic carbocycles. The zero-order valence-electron chi connectivity index (χ0n) is 48.8. The SMILES string of the molecule is CC[C@H](C)[C@@H]([C@@H](CC(=O)N1CCC[C@H]1[C@H](OC)[C@@H](C)C(=O)C[C@H](C)[C@@H](O)c1ccccc1)OC)N(C)C(=O)[C@@H](CC(=O)[C@H](C(C)C)N(C)C(=O)OCc1ccc(O[C@@H]2O[C@H](C(=O)O)[C@@H](O)[C@H](O)[C@H]2O)c(CC(=O)CCN)c1)C(C)C. The van der Waals surface area contributed by atoms with Gasteiger partial charge in [0.2, 0.25) is 18.1 Å². The van der Waals surface area contributed by atoms with Gasteiger partial charge in [-0.15, -0.1) is 0 Å². The molecule has 0 unspecified atom stereocenters. The first-order chi connectivity index (χ1) is 37.7. The van der Waals surface area contributed by atoms with E-state index in [1.54, 1.807) is 44.7 Å². The lowest BCUT2D eigenvalue weighted by Crippen LogP contribution is -2.61. The standard InChI is InChI=1S/C59H90N4O17/c1-13-34(6)49(46(76-11)30-47(67)63-25-17-20-42(63)54(77-12)36(8)43(65)26-35(7)50(68)38-18-15-14-16-19-38)61(9)56(72)41(32(2)3)29-44(66)48(33(4)5)62(10)59(75)78-31-37-21-22-45(39(27-37)28-40(64)23-24-60)79-58-53(71)51(69)52(70)55(80-58)57(73)74/h14-16,18-19,21-22,27,32-36,41-42,46,48-55,58,68-71H,13,17,20,23-26,28-31,60H2,1-12H3,(H,73,74)/t34-,35-,36-,41-,42-,46+,48-,49-,50+,51-,52-,53+,54+,55-,58+/m0/s1. The third kappa shape index (κ3) is 17.1. The molecule has 2 aliphatic heterocycles. The monoisotopic (exact) mass is 1130 g/mol. The Morgan fingerprint density at radius 3 is 2.05 bits per heavy atom. The quantitative estimate of drug-likeness (QED) is 0.0606. The largest absolute Gasteiger partial charge is 0.479 e. The number of hydrogen-bond acceptors (Lipinski definition) is 17. The number of aliphatic hydroxyl groups is 4. The lowest BCUT2D eigenvalue weighted by atomic mass is 9.83. The second-order valence-corrected chi connectivity index (χ2v) is 22.5. The van der Waals surface area contributed by atoms with Crippen molar-refractivity contribution in [2.45, 2.75) is 181 Å². The van der Waals surface area contributed by atoms with Crippen LogP contribution in [0.25, 0.3) is 0 Å². The summed E-state index contributed by atoms with van der Waals surface area (Å²) in [4.78, 5) is 100. The number of ketones is 3. The van der Waals surface area contributed by atoms with Gasteiger partial charge in [-0.25, -0.2) is 9.59 Å². The number of amides is 3. The minimum absolute atomic E-state index is 0.00106. The van der Waals surface area contributed by atoms with E-state index in [1.165, 1.54) is 37.3 Å². The summed E-state index contributed by atoms with van der Waals surface area (Å²) in [6.45, 7) is 15.0. The molecule has 7 N–H and O–H groups in total. The van der Waals surface area contributed by atoms with E-state index in [4.69, 9.17) is 29.4 Å². The number of methoxy groups -OCH3 is 2. The van der Waals surface area contributed by atoms with Gasteiger partial charge >= 0.3 is 12.1 Å². The molecule has 15 atom stereocenters. The summed E-state index contributed by atoms with van der Waals surface area (Å²) < 4.78 is 28.8. The van der Waals surface area contributed by atoms with Gasteiger partial charge in [0, 0.05) is 77.9 Å². The summed E-state index contributed by atoms with van der Waals surface area (Å²) in [7, 11) is 6.14. The van der Waals surface area contributed by atoms with Crippen molar-refractivity contribution in [2.75, 3.05) is 41.4 Å². The van der Waals surface area contributed by atoms with E-state index in [0.717, 1.165) is 5.56 Å². The van der Waals surface area contributed by atoms with Crippen LogP contribution < -0.4 is 10.5 Å². The molecule has 0 saturated carbocycles. The molecule has 0 radical (unpaired) electrons. The summed E-state index contributed by atoms with van der Waals surface area (Å²) in [6, 6.07) is 11.6. The Bertz CT molecular complexity index is 2370. The Kier molecular flexibility index (Phi) is 26.1. The Morgan fingerprint density at radius 1 is 0.812 bits per heavy atom. The van der Waals surface area contributed by atoms with E-state index < -0.39 is 97.0 Å². The molecule has 4 rings (SSSR count). The number of aliphatic carboxylic acids is 1. The Labute approximate surface area is 471 Å². The highest BCUT2D eigenvalue weighted by Crippen LogP contribution is 2.34. The van der Waals surface area contributed by atoms with Gasteiger partial charge in [0.05, 0.1) is 42.9 Å². The van der Waals surface area contributed by atoms with Crippen LogP contribution in [0.2, 0.25) is 0 Å². The Morgan fingerprint density at radius 2 is 1.48 bits per heavy atom. The molecule has 21 nitrogen and oxygen atoms in total. The van der Waals surface area contributed by atoms with Gasteiger partial charge in [0.1, 0.15) is 42.2 Å². The van der Waals surface area contributed by atoms with E-state index in [2.05, 4.69) is 0 Å². The number of Topliss-reactive ketones (excluding diaryl/α,β-unsaturated/α-hetero) is 3. The van der Waals surface area contributed by atoms with Crippen LogP contribution in [0.1, 0.15) is 123 Å². The molecule has 2 aliphatic rings. The fourth-order valence-corrected chi connectivity index (χ4v) is 11.2. The molecule has 448 valence electrons. The summed E-state index contributed by atoms with van der Waals surface area (Å²) in [5, 5.41) is 51.6. The molecule has 0 spiro atoms. The summed E-state index contributed by atoms with van der Waals surface area (Å²) in [6.07, 6.45) is -10.9. The molecule has 80 heavy (non-hydrogen) atoms. The highest BCUT2D eigenvalue weighted by atomic mass is 16.7. The zero-order chi connectivity index (χ0) is 59.9. The van der Waals surface area contributed by atoms with Crippen LogP contribution in [-0.2, 0) is 60.7 Å². The van der Waals surface area contributed by atoms with Gasteiger partial charge in [-0.1, -0.05) is 98.2 Å². The average molecular weight is 1130 g/mol. The van der Waals surface area contributed by atoms with Crippen molar-refractivity contribution < 1.29 is 82.8 Å². The highest BCUT2D eigenvalue weighted by molar-refractivity contribution is 5.92. The minimum atomic E-state index is -1.95. The molecule has 2 saturated heterocycles. The first-order valence-electron chi connectivity index (χ1n) is 28.0. The minimum Gasteiger partial charge on any atom is -0.479 e. The summed E-state index contributed by atoms with van der Waals surface area (Å²) >= 11 is 0. The lowest BCUT2D eigenvalue weighted by Gasteiger charge is -2.41. The van der Waals surface area contributed by atoms with Gasteiger partial charge in [-0.2, -0.15) is 0 Å². The van der Waals surface area contributed by atoms with E-state index in [-0.39, 0.29) is 103 Å². The third-order valence-electron chi connectivity index (χ3n) is 16.1. The average Bonchev–Trinajstić information content (AvgIpc) is 3.91. The molecule has 2 fully saturated rings. The van der Waals surface area contributed by atoms with Gasteiger partial charge in [0.25, 0.3) is 0 Å². The van der Waals surface area contributed by atoms with Gasteiger partial charge in [-0.3, -0.25) is 24.0 Å². The second-order valence-electron chi connectivity index (χ2n) is 22.5. The number of nitrogens with two attached hydrogens (primary N) is 1. The maximum Gasteiger partial charge on any atom is 0.410 e. The molecule has 2 heterocycles. The summed E-state index contributed by atoms with van der Waals surface area (Å²) in [5.41, 5.74) is 6.96. The van der Waals surface area contributed by atoms with Crippen LogP contribution >= 0.6 is 0 Å². The molecule has 0 aliphatic carbocycles. The van der Waals surface area contributed by atoms with Gasteiger partial charge in [0.15, 0.2) is 11.9 Å². The highest BCUT2D eigenvalue weighted by Gasteiger charge is 2.49. The van der Waals surface area contributed by atoms with Crippen LogP contribution in [0.3, 0.4) is 0 Å². The normalized spacial score (nSPS) is 22.8. The van der Waals surface area contributed by atoms with E-state index in [9.17, 15) is 59.1 Å². The predicted octanol–water partition coefficient (Wildman–Crippen LogP) is 4.49. The number of rotatable bonds is 31. The number of likely N-dealkylation sites (N-methyl/N-ethyl adjacent to an activating group) is 2. The molecular weight excluding hydrogens is 1040 g/mol. The fourth-order valence-electron chi connectivity index (χ4n) is 11.2.